The van der Waals surface area contributed by atoms with E-state index in [0.717, 1.165) is 19.3 Å². The van der Waals surface area contributed by atoms with Crippen molar-refractivity contribution in [2.45, 2.75) is 96.9 Å². The SMILES string of the molecule is CCCCc1ccc2c3c(ccc2c1)C(C)(C)c1cc(C(CC)(CC)Nc2ccc4c(c2)C(C)(C)c2c-4ccc4ccccc24)ccc1-3. The molecule has 0 saturated heterocycles. The Morgan fingerprint density at radius 2 is 1.31 bits per heavy atom. The summed E-state index contributed by atoms with van der Waals surface area (Å²) in [6, 6.07) is 39.9. The molecule has 8 rings (SSSR count). The van der Waals surface area contributed by atoms with Crippen LogP contribution in [0.1, 0.15) is 108 Å². The van der Waals surface area contributed by atoms with E-state index in [1.807, 2.05) is 0 Å². The van der Waals surface area contributed by atoms with E-state index in [1.165, 1.54) is 95.7 Å². The standard InChI is InChI=1S/C47H49N/c1-8-11-14-30-17-22-35-32(27-30)19-26-40-43(35)39-24-20-33(28-41(39)45(40,4)5)47(9-2,10-3)48-34-21-25-37-38-23-18-31-15-12-13-16-36(31)44(38)46(6,7)42(37)29-34/h12-13,15-29,48H,8-11,14H2,1-7H3. The van der Waals surface area contributed by atoms with Gasteiger partial charge in [-0.05, 0) is 115 Å². The maximum absolute atomic E-state index is 4.13. The largest absolute Gasteiger partial charge is 0.376 e. The molecule has 242 valence electrons. The Hall–Kier alpha value is -4.36. The molecule has 0 radical (unpaired) electrons. The Bertz CT molecular complexity index is 2230. The van der Waals surface area contributed by atoms with Gasteiger partial charge in [-0.15, -0.1) is 0 Å². The van der Waals surface area contributed by atoms with Gasteiger partial charge in [-0.3, -0.25) is 0 Å². The van der Waals surface area contributed by atoms with Crippen molar-refractivity contribution in [3.8, 4) is 22.3 Å². The highest BCUT2D eigenvalue weighted by Gasteiger charge is 2.40. The highest BCUT2D eigenvalue weighted by Crippen LogP contribution is 2.54. The number of nitrogens with one attached hydrogen (secondary N) is 1. The molecule has 6 aromatic rings. The smallest absolute Gasteiger partial charge is 0.0620 e. The number of aryl methyl sites for hydroxylation is 1. The van der Waals surface area contributed by atoms with Crippen molar-refractivity contribution >= 4 is 27.2 Å². The Balaban J connectivity index is 1.18. The maximum Gasteiger partial charge on any atom is 0.0620 e. The zero-order valence-corrected chi connectivity index (χ0v) is 29.9. The first-order valence-electron chi connectivity index (χ1n) is 18.3. The monoisotopic (exact) mass is 627 g/mol. The van der Waals surface area contributed by atoms with Gasteiger partial charge in [0.1, 0.15) is 0 Å². The Labute approximate surface area is 287 Å². The summed E-state index contributed by atoms with van der Waals surface area (Å²) < 4.78 is 0. The molecule has 0 bridgehead atoms. The molecule has 0 aliphatic heterocycles. The maximum atomic E-state index is 4.13. The number of fused-ring (bicyclic) bond motifs is 10. The number of benzene rings is 6. The molecule has 0 saturated carbocycles. The van der Waals surface area contributed by atoms with E-state index < -0.39 is 0 Å². The molecule has 0 aromatic heterocycles. The number of unbranched alkanes of at least 4 members (excludes halogenated alkanes) is 1. The third-order valence-corrected chi connectivity index (χ3v) is 12.2. The molecule has 0 fully saturated rings. The van der Waals surface area contributed by atoms with Crippen molar-refractivity contribution in [1.82, 2.24) is 0 Å². The summed E-state index contributed by atoms with van der Waals surface area (Å²) in [7, 11) is 0. The van der Waals surface area contributed by atoms with Crippen molar-refractivity contribution in [1.29, 1.82) is 0 Å². The molecule has 0 atom stereocenters. The fraction of sp³-hybridized carbons (Fsp3) is 0.319. The number of hydrogen-bond donors (Lipinski definition) is 1. The topological polar surface area (TPSA) is 12.0 Å². The van der Waals surface area contributed by atoms with E-state index in [1.54, 1.807) is 0 Å². The molecule has 1 nitrogen and oxygen atoms in total. The van der Waals surface area contributed by atoms with Crippen LogP contribution in [0, 0.1) is 0 Å². The van der Waals surface area contributed by atoms with Gasteiger partial charge < -0.3 is 5.32 Å². The van der Waals surface area contributed by atoms with Crippen LogP contribution >= 0.6 is 0 Å². The van der Waals surface area contributed by atoms with Gasteiger partial charge in [0, 0.05) is 16.5 Å². The average Bonchev–Trinajstić information content (AvgIpc) is 3.48. The van der Waals surface area contributed by atoms with Gasteiger partial charge >= 0.3 is 0 Å². The van der Waals surface area contributed by atoms with Crippen molar-refractivity contribution in [2.75, 3.05) is 5.32 Å². The van der Waals surface area contributed by atoms with Gasteiger partial charge in [-0.1, -0.05) is 146 Å². The third-order valence-electron chi connectivity index (χ3n) is 12.2. The van der Waals surface area contributed by atoms with Crippen molar-refractivity contribution in [3.63, 3.8) is 0 Å². The van der Waals surface area contributed by atoms with E-state index in [0.29, 0.717) is 0 Å². The zero-order valence-electron chi connectivity index (χ0n) is 29.9. The molecule has 0 spiro atoms. The second-order valence-corrected chi connectivity index (χ2v) is 15.5. The van der Waals surface area contributed by atoms with Crippen LogP contribution < -0.4 is 5.32 Å². The molecule has 6 aromatic carbocycles. The average molecular weight is 628 g/mol. The van der Waals surface area contributed by atoms with Crippen LogP contribution in [-0.4, -0.2) is 0 Å². The Kier molecular flexibility index (Phi) is 7.15. The fourth-order valence-corrected chi connectivity index (χ4v) is 9.31. The Morgan fingerprint density at radius 1 is 0.583 bits per heavy atom. The van der Waals surface area contributed by atoms with Crippen molar-refractivity contribution < 1.29 is 0 Å². The number of rotatable bonds is 8. The number of hydrogen-bond acceptors (Lipinski definition) is 1. The van der Waals surface area contributed by atoms with E-state index in [4.69, 9.17) is 0 Å². The van der Waals surface area contributed by atoms with Gasteiger partial charge in [0.15, 0.2) is 0 Å². The lowest BCUT2D eigenvalue weighted by molar-refractivity contribution is 0.453. The first kappa shape index (κ1) is 30.9. The van der Waals surface area contributed by atoms with Crippen molar-refractivity contribution in [2.24, 2.45) is 0 Å². The minimum absolute atomic E-state index is 0.0604. The summed E-state index contributed by atoms with van der Waals surface area (Å²) in [4.78, 5) is 0. The first-order valence-corrected chi connectivity index (χ1v) is 18.3. The summed E-state index contributed by atoms with van der Waals surface area (Å²) in [5.74, 6) is 0. The van der Waals surface area contributed by atoms with Gasteiger partial charge in [-0.2, -0.15) is 0 Å². The van der Waals surface area contributed by atoms with Crippen LogP contribution in [0.15, 0.2) is 103 Å². The van der Waals surface area contributed by atoms with Crippen LogP contribution in [0.2, 0.25) is 0 Å². The molecule has 48 heavy (non-hydrogen) atoms. The summed E-state index contributed by atoms with van der Waals surface area (Å²) in [6.45, 7) is 16.6. The zero-order chi connectivity index (χ0) is 33.4. The minimum atomic E-state index is -0.174. The van der Waals surface area contributed by atoms with Gasteiger partial charge in [0.25, 0.3) is 0 Å². The Morgan fingerprint density at radius 3 is 2.10 bits per heavy atom. The van der Waals surface area contributed by atoms with E-state index >= 15 is 0 Å². The van der Waals surface area contributed by atoms with Crippen LogP contribution in [0.3, 0.4) is 0 Å². The summed E-state index contributed by atoms with van der Waals surface area (Å²) in [5.41, 5.74) is 15.1. The van der Waals surface area contributed by atoms with E-state index in [-0.39, 0.29) is 16.4 Å². The predicted octanol–water partition coefficient (Wildman–Crippen LogP) is 13.1. The second-order valence-electron chi connectivity index (χ2n) is 15.5. The van der Waals surface area contributed by atoms with E-state index in [2.05, 4.69) is 157 Å². The van der Waals surface area contributed by atoms with Crippen LogP contribution in [0.4, 0.5) is 5.69 Å². The quantitative estimate of drug-likeness (QED) is 0.177. The highest BCUT2D eigenvalue weighted by atomic mass is 15.0. The highest BCUT2D eigenvalue weighted by molar-refractivity contribution is 6.03. The van der Waals surface area contributed by atoms with Gasteiger partial charge in [0.05, 0.1) is 5.54 Å². The lowest BCUT2D eigenvalue weighted by atomic mass is 9.78. The van der Waals surface area contributed by atoms with Crippen molar-refractivity contribution in [3.05, 3.63) is 137 Å². The number of anilines is 1. The molecular formula is C47H49N. The lowest BCUT2D eigenvalue weighted by Crippen LogP contribution is -2.34. The third kappa shape index (κ3) is 4.43. The molecule has 2 aliphatic rings. The molecule has 0 amide bonds. The molecule has 2 aliphatic carbocycles. The van der Waals surface area contributed by atoms with Crippen LogP contribution in [0.5, 0.6) is 0 Å². The van der Waals surface area contributed by atoms with Crippen LogP contribution in [0.25, 0.3) is 43.8 Å². The lowest BCUT2D eigenvalue weighted by Gasteiger charge is -2.36. The molecule has 1 N–H and O–H groups in total. The minimum Gasteiger partial charge on any atom is -0.376 e. The van der Waals surface area contributed by atoms with Crippen LogP contribution in [-0.2, 0) is 22.8 Å². The summed E-state index contributed by atoms with van der Waals surface area (Å²) >= 11 is 0. The molecular weight excluding hydrogens is 579 g/mol. The molecule has 1 heteroatoms. The second kappa shape index (κ2) is 11.1. The first-order chi connectivity index (χ1) is 23.1. The normalized spacial score (nSPS) is 15.3. The van der Waals surface area contributed by atoms with Gasteiger partial charge in [-0.25, -0.2) is 0 Å². The summed E-state index contributed by atoms with van der Waals surface area (Å²) in [5, 5.41) is 9.57. The molecule has 0 heterocycles. The predicted molar refractivity (Wildman–Crippen MR) is 208 cm³/mol. The molecule has 0 unspecified atom stereocenters. The fourth-order valence-electron chi connectivity index (χ4n) is 9.31. The summed E-state index contributed by atoms with van der Waals surface area (Å²) in [6.07, 6.45) is 5.64. The van der Waals surface area contributed by atoms with Gasteiger partial charge in [0.2, 0.25) is 0 Å². The van der Waals surface area contributed by atoms with E-state index in [9.17, 15) is 0 Å².